The van der Waals surface area contributed by atoms with Crippen molar-refractivity contribution in [1.82, 2.24) is 9.97 Å². The molecule has 0 radical (unpaired) electrons. The summed E-state index contributed by atoms with van der Waals surface area (Å²) in [4.78, 5) is 9.38. The van der Waals surface area contributed by atoms with Crippen LogP contribution >= 0.6 is 0 Å². The third kappa shape index (κ3) is 4.84. The van der Waals surface area contributed by atoms with Crippen LogP contribution < -0.4 is 0 Å². The highest BCUT2D eigenvalue weighted by molar-refractivity contribution is 6.23. The summed E-state index contributed by atoms with van der Waals surface area (Å²) in [5.41, 5.74) is 5.58. The van der Waals surface area contributed by atoms with Crippen LogP contribution in [0.3, 0.4) is 0 Å². The van der Waals surface area contributed by atoms with E-state index in [1.807, 2.05) is 48.7 Å². The summed E-state index contributed by atoms with van der Waals surface area (Å²) in [6, 6.07) is 45.1. The number of nitrogens with zero attached hydrogens (tertiary/aromatic N) is 2. The molecule has 0 aliphatic carbocycles. The molecule has 2 aromatic heterocycles. The molecule has 0 aliphatic heterocycles. The maximum Gasteiger partial charge on any atom is 0.208 e. The van der Waals surface area contributed by atoms with E-state index < -0.39 is 28.7 Å². The second kappa shape index (κ2) is 12.2. The molecular formula is C48H30N2O5. The van der Waals surface area contributed by atoms with Gasteiger partial charge < -0.3 is 25.5 Å². The van der Waals surface area contributed by atoms with Crippen LogP contribution in [0, 0.1) is 0 Å². The Balaban J connectivity index is 1.22. The Hall–Kier alpha value is -7.64. The second-order valence-corrected chi connectivity index (χ2v) is 13.7. The molecule has 0 atom stereocenters. The van der Waals surface area contributed by atoms with Gasteiger partial charge >= 0.3 is 0 Å². The molecule has 0 saturated heterocycles. The normalized spacial score (nSPS) is 11.6. The number of aromatic nitrogens is 2. The second-order valence-electron chi connectivity index (χ2n) is 13.7. The third-order valence-electron chi connectivity index (χ3n) is 10.7. The number of phenols is 5. The van der Waals surface area contributed by atoms with E-state index >= 15 is 0 Å². The molecule has 0 bridgehead atoms. The largest absolute Gasteiger partial charge is 0.504 e. The lowest BCUT2D eigenvalue weighted by Gasteiger charge is -2.19. The molecule has 0 spiro atoms. The van der Waals surface area contributed by atoms with E-state index in [4.69, 9.17) is 4.98 Å². The van der Waals surface area contributed by atoms with Gasteiger partial charge in [0.1, 0.15) is 0 Å². The zero-order valence-electron chi connectivity index (χ0n) is 29.1. The van der Waals surface area contributed by atoms with Crippen LogP contribution in [-0.4, -0.2) is 35.5 Å². The Bertz CT molecular complexity index is 3170. The predicted octanol–water partition coefficient (Wildman–Crippen LogP) is 11.4. The van der Waals surface area contributed by atoms with Crippen molar-refractivity contribution in [2.45, 2.75) is 0 Å². The first-order chi connectivity index (χ1) is 26.9. The fourth-order valence-corrected chi connectivity index (χ4v) is 8.20. The van der Waals surface area contributed by atoms with Crippen molar-refractivity contribution < 1.29 is 25.5 Å². The molecule has 0 amide bonds. The number of rotatable bonds is 4. The highest BCUT2D eigenvalue weighted by Gasteiger charge is 2.26. The summed E-state index contributed by atoms with van der Waals surface area (Å²) >= 11 is 0. The predicted molar refractivity (Wildman–Crippen MR) is 220 cm³/mol. The Morgan fingerprint density at radius 1 is 0.345 bits per heavy atom. The zero-order valence-corrected chi connectivity index (χ0v) is 29.1. The van der Waals surface area contributed by atoms with E-state index in [-0.39, 0.29) is 5.56 Å². The van der Waals surface area contributed by atoms with Gasteiger partial charge in [-0.05, 0) is 106 Å². The standard InChI is InChI=1S/C48H30N2O5/c51-44-42(45(52)47(54)48(55)46(44)53)28-14-17-36-39(23-28)41(27-19-21-49-22-20-27)34-11-5-6-12-35(34)43(36)40-18-15-29(25-50-40)37-24-38-30-8-2-1-7-26(30)13-16-33(38)31-9-3-4-10-32(31)37/h1-25,51-55H. The minimum Gasteiger partial charge on any atom is -0.504 e. The van der Waals surface area contributed by atoms with Gasteiger partial charge in [-0.25, -0.2) is 0 Å². The number of fused-ring (bicyclic) bond motifs is 7. The van der Waals surface area contributed by atoms with Crippen LogP contribution in [0.2, 0.25) is 0 Å². The Labute approximate surface area is 313 Å². The number of phenolic OH excluding ortho intramolecular Hbond substituents is 5. The molecule has 262 valence electrons. The molecule has 55 heavy (non-hydrogen) atoms. The van der Waals surface area contributed by atoms with Crippen LogP contribution in [-0.2, 0) is 0 Å². The van der Waals surface area contributed by atoms with Crippen molar-refractivity contribution in [1.29, 1.82) is 0 Å². The zero-order chi connectivity index (χ0) is 37.4. The maximum atomic E-state index is 10.9. The number of hydrogen-bond donors (Lipinski definition) is 5. The van der Waals surface area contributed by atoms with E-state index in [2.05, 4.69) is 83.8 Å². The van der Waals surface area contributed by atoms with Gasteiger partial charge in [0.15, 0.2) is 11.5 Å². The summed E-state index contributed by atoms with van der Waals surface area (Å²) in [6.07, 6.45) is 5.37. The number of hydrogen-bond acceptors (Lipinski definition) is 7. The molecule has 5 N–H and O–H groups in total. The van der Waals surface area contributed by atoms with Gasteiger partial charge in [0.05, 0.1) is 11.3 Å². The van der Waals surface area contributed by atoms with Gasteiger partial charge in [0.2, 0.25) is 17.2 Å². The SMILES string of the molecule is Oc1c(O)c(O)c(-c2ccc3c(-c4ccc(-c5cc6c7ccccc7ccc6c6ccccc56)cn4)c4ccccc4c(-c4ccncc4)c3c2)c(O)c1O. The van der Waals surface area contributed by atoms with Crippen LogP contribution in [0.4, 0.5) is 0 Å². The minimum atomic E-state index is -1.01. The molecular weight excluding hydrogens is 685 g/mol. The van der Waals surface area contributed by atoms with Gasteiger partial charge in [-0.15, -0.1) is 0 Å². The molecule has 7 nitrogen and oxygen atoms in total. The van der Waals surface area contributed by atoms with Gasteiger partial charge in [-0.1, -0.05) is 103 Å². The summed E-state index contributed by atoms with van der Waals surface area (Å²) < 4.78 is 0. The topological polar surface area (TPSA) is 127 Å². The molecule has 0 fully saturated rings. The van der Waals surface area contributed by atoms with Crippen LogP contribution in [0.1, 0.15) is 0 Å². The lowest BCUT2D eigenvalue weighted by Crippen LogP contribution is -1.94. The van der Waals surface area contributed by atoms with Crippen molar-refractivity contribution in [2.75, 3.05) is 0 Å². The first kappa shape index (κ1) is 32.0. The van der Waals surface area contributed by atoms with Gasteiger partial charge in [-0.3, -0.25) is 9.97 Å². The quantitative estimate of drug-likeness (QED) is 0.0531. The average Bonchev–Trinajstić information content (AvgIpc) is 3.24. The van der Waals surface area contributed by atoms with Crippen LogP contribution in [0.15, 0.2) is 152 Å². The highest BCUT2D eigenvalue weighted by Crippen LogP contribution is 2.55. The van der Waals surface area contributed by atoms with E-state index in [9.17, 15) is 25.5 Å². The van der Waals surface area contributed by atoms with E-state index in [0.717, 1.165) is 60.4 Å². The van der Waals surface area contributed by atoms with E-state index in [1.54, 1.807) is 24.5 Å². The summed E-state index contributed by atoms with van der Waals surface area (Å²) in [7, 11) is 0. The van der Waals surface area contributed by atoms with Crippen LogP contribution in [0.5, 0.6) is 28.7 Å². The molecule has 8 aromatic carbocycles. The lowest BCUT2D eigenvalue weighted by atomic mass is 9.85. The van der Waals surface area contributed by atoms with E-state index in [1.165, 1.54) is 26.9 Å². The number of benzene rings is 8. The summed E-state index contributed by atoms with van der Waals surface area (Å²) in [5, 5.41) is 63.3. The first-order valence-electron chi connectivity index (χ1n) is 17.8. The molecule has 0 aliphatic rings. The molecule has 2 heterocycles. The molecule has 0 saturated carbocycles. The van der Waals surface area contributed by atoms with Gasteiger partial charge in [0.25, 0.3) is 0 Å². The number of pyridine rings is 2. The van der Waals surface area contributed by atoms with Crippen molar-refractivity contribution in [3.05, 3.63) is 152 Å². The van der Waals surface area contributed by atoms with Gasteiger partial charge in [0, 0.05) is 29.7 Å². The Morgan fingerprint density at radius 2 is 0.909 bits per heavy atom. The average molecular weight is 715 g/mol. The molecule has 10 aromatic rings. The van der Waals surface area contributed by atoms with Crippen molar-refractivity contribution >= 4 is 53.9 Å². The van der Waals surface area contributed by atoms with Crippen molar-refractivity contribution in [3.63, 3.8) is 0 Å². The van der Waals surface area contributed by atoms with Crippen molar-refractivity contribution in [3.8, 4) is 73.4 Å². The van der Waals surface area contributed by atoms with Crippen LogP contribution in [0.25, 0.3) is 98.5 Å². The third-order valence-corrected chi connectivity index (χ3v) is 10.7. The molecule has 10 rings (SSSR count). The Kier molecular flexibility index (Phi) is 7.12. The molecule has 0 unspecified atom stereocenters. The molecule has 7 heteroatoms. The van der Waals surface area contributed by atoms with Crippen molar-refractivity contribution in [2.24, 2.45) is 0 Å². The summed E-state index contributed by atoms with van der Waals surface area (Å²) in [6.45, 7) is 0. The first-order valence-corrected chi connectivity index (χ1v) is 17.8. The van der Waals surface area contributed by atoms with Gasteiger partial charge in [-0.2, -0.15) is 0 Å². The number of aromatic hydroxyl groups is 5. The highest BCUT2D eigenvalue weighted by atomic mass is 16.4. The smallest absolute Gasteiger partial charge is 0.208 e. The Morgan fingerprint density at radius 3 is 1.62 bits per heavy atom. The monoisotopic (exact) mass is 714 g/mol. The summed E-state index contributed by atoms with van der Waals surface area (Å²) in [5.74, 6) is -4.40. The fourth-order valence-electron chi connectivity index (χ4n) is 8.20. The maximum absolute atomic E-state index is 10.9. The lowest BCUT2D eigenvalue weighted by molar-refractivity contribution is 0.330. The van der Waals surface area contributed by atoms with E-state index in [0.29, 0.717) is 5.56 Å². The fraction of sp³-hybridized carbons (Fsp3) is 0. The minimum absolute atomic E-state index is 0.219.